The average Bonchev–Trinajstić information content (AvgIpc) is 3.43. The third-order valence-electron chi connectivity index (χ3n) is 6.45. The Hall–Kier alpha value is -2.37. The van der Waals surface area contributed by atoms with Crippen LogP contribution in [0.3, 0.4) is 0 Å². The van der Waals surface area contributed by atoms with Gasteiger partial charge in [-0.15, -0.1) is 0 Å². The van der Waals surface area contributed by atoms with E-state index in [-0.39, 0.29) is 11.3 Å². The van der Waals surface area contributed by atoms with Crippen LogP contribution in [0.15, 0.2) is 29.0 Å². The normalized spacial score (nSPS) is 20.5. The second-order valence-corrected chi connectivity index (χ2v) is 9.75. The van der Waals surface area contributed by atoms with Gasteiger partial charge in [-0.3, -0.25) is 4.79 Å². The first-order chi connectivity index (χ1) is 14.4. The molecule has 4 rings (SSSR count). The molecule has 1 amide bonds. The highest BCUT2D eigenvalue weighted by Crippen LogP contribution is 2.35. The quantitative estimate of drug-likeness (QED) is 0.737. The fourth-order valence-electron chi connectivity index (χ4n) is 4.83. The van der Waals surface area contributed by atoms with Crippen LogP contribution in [0.2, 0.25) is 0 Å². The number of likely N-dealkylation sites (tertiary alicyclic amines) is 1. The molecule has 1 atom stereocenters. The van der Waals surface area contributed by atoms with Crippen molar-refractivity contribution in [2.45, 2.75) is 83.7 Å². The fourth-order valence-corrected chi connectivity index (χ4v) is 4.83. The van der Waals surface area contributed by atoms with E-state index in [9.17, 15) is 4.79 Å². The number of aromatic nitrogens is 2. The minimum absolute atomic E-state index is 0.0606. The van der Waals surface area contributed by atoms with E-state index in [2.05, 4.69) is 36.0 Å². The maximum Gasteiger partial charge on any atom is 0.259 e. The van der Waals surface area contributed by atoms with E-state index in [1.54, 1.807) is 12.5 Å². The van der Waals surface area contributed by atoms with E-state index in [1.807, 2.05) is 12.1 Å². The number of anilines is 1. The molecular weight excluding hydrogens is 376 g/mol. The smallest absolute Gasteiger partial charge is 0.259 e. The van der Waals surface area contributed by atoms with Gasteiger partial charge in [-0.25, -0.2) is 9.97 Å². The largest absolute Gasteiger partial charge is 0.467 e. The van der Waals surface area contributed by atoms with E-state index >= 15 is 0 Å². The summed E-state index contributed by atoms with van der Waals surface area (Å²) in [6, 6.07) is 4.14. The Morgan fingerprint density at radius 2 is 2.00 bits per heavy atom. The molecule has 0 radical (unpaired) electrons. The lowest BCUT2D eigenvalue weighted by Crippen LogP contribution is -2.41. The monoisotopic (exact) mass is 410 g/mol. The lowest BCUT2D eigenvalue weighted by atomic mass is 9.83. The average molecular weight is 411 g/mol. The van der Waals surface area contributed by atoms with Crippen molar-refractivity contribution in [1.29, 1.82) is 0 Å². The Balaban J connectivity index is 1.59. The summed E-state index contributed by atoms with van der Waals surface area (Å²) in [7, 11) is 0. The van der Waals surface area contributed by atoms with Crippen molar-refractivity contribution >= 4 is 11.7 Å². The fraction of sp³-hybridized carbons (Fsp3) is 0.625. The van der Waals surface area contributed by atoms with Gasteiger partial charge in [0.15, 0.2) is 0 Å². The van der Waals surface area contributed by atoms with Gasteiger partial charge in [-0.05, 0) is 43.7 Å². The van der Waals surface area contributed by atoms with Gasteiger partial charge in [0.2, 0.25) is 0 Å². The van der Waals surface area contributed by atoms with E-state index < -0.39 is 0 Å². The van der Waals surface area contributed by atoms with Gasteiger partial charge in [0.25, 0.3) is 5.91 Å². The van der Waals surface area contributed by atoms with Crippen LogP contribution in [-0.2, 0) is 12.0 Å². The summed E-state index contributed by atoms with van der Waals surface area (Å²) in [6.45, 7) is 7.57. The Labute approximate surface area is 179 Å². The van der Waals surface area contributed by atoms with E-state index in [0.29, 0.717) is 29.9 Å². The summed E-state index contributed by atoms with van der Waals surface area (Å²) >= 11 is 0. The topological polar surface area (TPSA) is 71.3 Å². The molecule has 0 aromatic carbocycles. The van der Waals surface area contributed by atoms with Crippen LogP contribution in [0.25, 0.3) is 0 Å². The molecule has 1 N–H and O–H groups in total. The van der Waals surface area contributed by atoms with Gasteiger partial charge in [-0.1, -0.05) is 40.0 Å². The van der Waals surface area contributed by atoms with Gasteiger partial charge >= 0.3 is 0 Å². The van der Waals surface area contributed by atoms with Crippen molar-refractivity contribution in [2.24, 2.45) is 5.92 Å². The predicted molar refractivity (Wildman–Crippen MR) is 117 cm³/mol. The molecule has 6 heteroatoms. The van der Waals surface area contributed by atoms with Crippen molar-refractivity contribution in [2.75, 3.05) is 11.9 Å². The van der Waals surface area contributed by atoms with Crippen LogP contribution in [0.1, 0.15) is 87.7 Å². The first kappa shape index (κ1) is 20.9. The standard InChI is InChI=1S/C24H34N4O2/c1-24(2,3)23-26-16-19(21(27-23)25-15-18-11-8-14-30-18)22(29)28-13-7-12-20(28)17-9-5-4-6-10-17/h8,11,14,16-17,20H,4-7,9-10,12-13,15H2,1-3H3,(H,25,26,27). The maximum absolute atomic E-state index is 13.6. The SMILES string of the molecule is CC(C)(C)c1ncc(C(=O)N2CCCC2C2CCCCC2)c(NCc2ccco2)n1. The highest BCUT2D eigenvalue weighted by Gasteiger charge is 2.36. The van der Waals surface area contributed by atoms with Crippen molar-refractivity contribution in [3.8, 4) is 0 Å². The number of rotatable bonds is 5. The van der Waals surface area contributed by atoms with Crippen LogP contribution >= 0.6 is 0 Å². The Morgan fingerprint density at radius 1 is 1.20 bits per heavy atom. The van der Waals surface area contributed by atoms with Crippen LogP contribution < -0.4 is 5.32 Å². The van der Waals surface area contributed by atoms with Gasteiger partial charge in [-0.2, -0.15) is 0 Å². The zero-order valence-corrected chi connectivity index (χ0v) is 18.5. The van der Waals surface area contributed by atoms with Crippen LogP contribution in [0.5, 0.6) is 0 Å². The van der Waals surface area contributed by atoms with Crippen molar-refractivity contribution in [3.05, 3.63) is 41.7 Å². The number of hydrogen-bond donors (Lipinski definition) is 1. The van der Waals surface area contributed by atoms with E-state index in [1.165, 1.54) is 32.1 Å². The highest BCUT2D eigenvalue weighted by atomic mass is 16.3. The van der Waals surface area contributed by atoms with Crippen LogP contribution in [0.4, 0.5) is 5.82 Å². The Kier molecular flexibility index (Phi) is 6.11. The second-order valence-electron chi connectivity index (χ2n) is 9.75. The Morgan fingerprint density at radius 3 is 2.70 bits per heavy atom. The van der Waals surface area contributed by atoms with Gasteiger partial charge in [0.1, 0.15) is 23.0 Å². The predicted octanol–water partition coefficient (Wildman–Crippen LogP) is 5.16. The molecule has 2 aliphatic rings. The molecule has 1 aliphatic heterocycles. The molecular formula is C24H34N4O2. The molecule has 1 saturated carbocycles. The molecule has 0 spiro atoms. The van der Waals surface area contributed by atoms with Gasteiger partial charge < -0.3 is 14.6 Å². The number of hydrogen-bond acceptors (Lipinski definition) is 5. The molecule has 2 fully saturated rings. The number of carbonyl (C=O) groups excluding carboxylic acids is 1. The Bertz CT molecular complexity index is 851. The third-order valence-corrected chi connectivity index (χ3v) is 6.45. The number of nitrogens with one attached hydrogen (secondary N) is 1. The highest BCUT2D eigenvalue weighted by molar-refractivity contribution is 5.98. The number of amides is 1. The molecule has 30 heavy (non-hydrogen) atoms. The molecule has 162 valence electrons. The van der Waals surface area contributed by atoms with E-state index in [4.69, 9.17) is 9.40 Å². The minimum Gasteiger partial charge on any atom is -0.467 e. The summed E-state index contributed by atoms with van der Waals surface area (Å²) in [6.07, 6.45) is 12.0. The molecule has 3 heterocycles. The number of nitrogens with zero attached hydrogens (tertiary/aromatic N) is 3. The first-order valence-electron chi connectivity index (χ1n) is 11.4. The minimum atomic E-state index is -0.193. The summed E-state index contributed by atoms with van der Waals surface area (Å²) in [5.74, 6) is 2.84. The lowest BCUT2D eigenvalue weighted by Gasteiger charge is -2.34. The molecule has 2 aromatic rings. The van der Waals surface area contributed by atoms with Gasteiger partial charge in [0, 0.05) is 24.2 Å². The molecule has 1 saturated heterocycles. The summed E-state index contributed by atoms with van der Waals surface area (Å²) in [5.41, 5.74) is 0.373. The zero-order chi connectivity index (χ0) is 21.1. The van der Waals surface area contributed by atoms with Gasteiger partial charge in [0.05, 0.1) is 12.8 Å². The molecule has 2 aromatic heterocycles. The van der Waals surface area contributed by atoms with Crippen molar-refractivity contribution in [3.63, 3.8) is 0 Å². The van der Waals surface area contributed by atoms with Crippen LogP contribution in [-0.4, -0.2) is 33.4 Å². The zero-order valence-electron chi connectivity index (χ0n) is 18.5. The first-order valence-corrected chi connectivity index (χ1v) is 11.4. The molecule has 1 unspecified atom stereocenters. The number of carbonyl (C=O) groups is 1. The molecule has 0 bridgehead atoms. The number of furan rings is 1. The molecule has 6 nitrogen and oxygen atoms in total. The lowest BCUT2D eigenvalue weighted by molar-refractivity contribution is 0.0661. The third kappa shape index (κ3) is 4.52. The summed E-state index contributed by atoms with van der Waals surface area (Å²) in [4.78, 5) is 25.1. The second kappa shape index (κ2) is 8.78. The summed E-state index contributed by atoms with van der Waals surface area (Å²) < 4.78 is 5.45. The van der Waals surface area contributed by atoms with Crippen LogP contribution in [0, 0.1) is 5.92 Å². The van der Waals surface area contributed by atoms with E-state index in [0.717, 1.165) is 31.0 Å². The van der Waals surface area contributed by atoms with Crippen molar-refractivity contribution < 1.29 is 9.21 Å². The summed E-state index contributed by atoms with van der Waals surface area (Å²) in [5, 5.41) is 3.33. The van der Waals surface area contributed by atoms with Crippen molar-refractivity contribution in [1.82, 2.24) is 14.9 Å². The molecule has 1 aliphatic carbocycles. The maximum atomic E-state index is 13.6.